The van der Waals surface area contributed by atoms with Gasteiger partial charge in [-0.05, 0) is 38.5 Å². The van der Waals surface area contributed by atoms with Crippen molar-refractivity contribution in [2.24, 2.45) is 0 Å². The SMILES string of the molecule is CCCCCCCC/C=C\CCCCCCCC(=O)O[C@@H](CO)C(O)(C(=O)CCCCCCCCCCCCCCC)P(=O)(O)O. The summed E-state index contributed by atoms with van der Waals surface area (Å²) in [6, 6.07) is 0. The molecule has 0 spiro atoms. The fourth-order valence-electron chi connectivity index (χ4n) is 5.82. The summed E-state index contributed by atoms with van der Waals surface area (Å²) in [5, 5.41) is 17.4. The van der Waals surface area contributed by atoms with Crippen molar-refractivity contribution in [3.63, 3.8) is 0 Å². The predicted molar refractivity (Wildman–Crippen MR) is 189 cm³/mol. The van der Waals surface area contributed by atoms with Crippen LogP contribution in [-0.4, -0.2) is 49.8 Å². The fraction of sp³-hybridized carbons (Fsp3) is 0.892. The smallest absolute Gasteiger partial charge is 0.368 e. The van der Waals surface area contributed by atoms with E-state index in [1.54, 1.807) is 0 Å². The Balaban J connectivity index is 4.25. The first kappa shape index (κ1) is 45.0. The van der Waals surface area contributed by atoms with Gasteiger partial charge in [0.25, 0.3) is 5.34 Å². The average molecular weight is 675 g/mol. The predicted octanol–water partition coefficient (Wildman–Crippen LogP) is 9.84. The summed E-state index contributed by atoms with van der Waals surface area (Å²) in [5.74, 6) is -1.89. The molecule has 8 nitrogen and oxygen atoms in total. The van der Waals surface area contributed by atoms with E-state index in [1.165, 1.54) is 89.9 Å². The number of aliphatic hydroxyl groups excluding tert-OH is 1. The van der Waals surface area contributed by atoms with Crippen LogP contribution >= 0.6 is 7.60 Å². The minimum atomic E-state index is -5.46. The maximum absolute atomic E-state index is 12.9. The van der Waals surface area contributed by atoms with Crippen molar-refractivity contribution in [1.29, 1.82) is 0 Å². The number of carbonyl (C=O) groups is 2. The van der Waals surface area contributed by atoms with E-state index >= 15 is 0 Å². The Morgan fingerprint density at radius 1 is 0.609 bits per heavy atom. The zero-order chi connectivity index (χ0) is 34.4. The van der Waals surface area contributed by atoms with Gasteiger partial charge in [-0.3, -0.25) is 14.2 Å². The number of Topliss-reactive ketones (excluding diaryl/α,β-unsaturated/α-hetero) is 1. The van der Waals surface area contributed by atoms with Crippen molar-refractivity contribution in [2.75, 3.05) is 6.61 Å². The van der Waals surface area contributed by atoms with Gasteiger partial charge in [-0.15, -0.1) is 0 Å². The van der Waals surface area contributed by atoms with E-state index in [4.69, 9.17) is 4.74 Å². The van der Waals surface area contributed by atoms with Crippen LogP contribution in [0.25, 0.3) is 0 Å². The molecule has 0 saturated carbocycles. The minimum Gasteiger partial charge on any atom is -0.456 e. The van der Waals surface area contributed by atoms with Crippen LogP contribution in [0.5, 0.6) is 0 Å². The van der Waals surface area contributed by atoms with E-state index in [9.17, 15) is 34.2 Å². The Morgan fingerprint density at radius 3 is 1.33 bits per heavy atom. The molecule has 0 aliphatic heterocycles. The third-order valence-corrected chi connectivity index (χ3v) is 10.3. The number of allylic oxidation sites excluding steroid dienone is 2. The van der Waals surface area contributed by atoms with Crippen LogP contribution in [0.3, 0.4) is 0 Å². The van der Waals surface area contributed by atoms with Gasteiger partial charge in [0, 0.05) is 12.8 Å². The number of esters is 1. The summed E-state index contributed by atoms with van der Waals surface area (Å²) in [6.07, 6.45) is 31.0. The van der Waals surface area contributed by atoms with Crippen LogP contribution in [0.4, 0.5) is 0 Å². The van der Waals surface area contributed by atoms with Gasteiger partial charge in [0.1, 0.15) is 0 Å². The largest absolute Gasteiger partial charge is 0.456 e. The van der Waals surface area contributed by atoms with Crippen LogP contribution < -0.4 is 0 Å². The zero-order valence-electron chi connectivity index (χ0n) is 29.6. The van der Waals surface area contributed by atoms with E-state index < -0.39 is 37.4 Å². The van der Waals surface area contributed by atoms with Crippen molar-refractivity contribution in [3.05, 3.63) is 12.2 Å². The summed E-state index contributed by atoms with van der Waals surface area (Å²) < 4.78 is 17.3. The summed E-state index contributed by atoms with van der Waals surface area (Å²) in [7, 11) is -5.46. The summed E-state index contributed by atoms with van der Waals surface area (Å²) in [6.45, 7) is 3.39. The Labute approximate surface area is 281 Å². The number of hydrogen-bond acceptors (Lipinski definition) is 6. The van der Waals surface area contributed by atoms with Gasteiger partial charge in [-0.25, -0.2) is 0 Å². The number of hydrogen-bond donors (Lipinski definition) is 4. The average Bonchev–Trinajstić information content (AvgIpc) is 3.02. The number of ketones is 1. The lowest BCUT2D eigenvalue weighted by Gasteiger charge is -2.33. The molecular weight excluding hydrogens is 603 g/mol. The fourth-order valence-corrected chi connectivity index (χ4v) is 6.77. The Kier molecular flexibility index (Phi) is 29.4. The molecule has 0 aromatic heterocycles. The minimum absolute atomic E-state index is 0.0149. The van der Waals surface area contributed by atoms with E-state index in [0.717, 1.165) is 57.8 Å². The first-order chi connectivity index (χ1) is 22.1. The monoisotopic (exact) mass is 674 g/mol. The first-order valence-corrected chi connectivity index (χ1v) is 20.5. The highest BCUT2D eigenvalue weighted by Gasteiger charge is 2.58. The molecule has 2 atom stereocenters. The van der Waals surface area contributed by atoms with E-state index in [0.29, 0.717) is 19.3 Å². The number of rotatable bonds is 34. The van der Waals surface area contributed by atoms with Crippen LogP contribution in [0, 0.1) is 0 Å². The van der Waals surface area contributed by atoms with Crippen LogP contribution in [0.15, 0.2) is 12.2 Å². The molecule has 4 N–H and O–H groups in total. The summed E-state index contributed by atoms with van der Waals surface area (Å²) in [4.78, 5) is 45.0. The molecule has 0 saturated heterocycles. The lowest BCUT2D eigenvalue weighted by Crippen LogP contribution is -2.52. The van der Waals surface area contributed by atoms with Gasteiger partial charge in [0.05, 0.1) is 6.61 Å². The van der Waals surface area contributed by atoms with Crippen molar-refractivity contribution in [1.82, 2.24) is 0 Å². The van der Waals surface area contributed by atoms with Crippen molar-refractivity contribution >= 4 is 19.3 Å². The summed E-state index contributed by atoms with van der Waals surface area (Å²) >= 11 is 0. The Hall–Kier alpha value is -1.05. The van der Waals surface area contributed by atoms with Gasteiger partial charge in [0.2, 0.25) is 0 Å². The van der Waals surface area contributed by atoms with Gasteiger partial charge in [0.15, 0.2) is 11.9 Å². The molecule has 0 amide bonds. The molecule has 0 heterocycles. The quantitative estimate of drug-likeness (QED) is 0.0229. The second-order valence-corrected chi connectivity index (χ2v) is 15.0. The highest BCUT2D eigenvalue weighted by molar-refractivity contribution is 7.54. The molecular formula is C37H71O8P. The molecule has 0 aromatic carbocycles. The Morgan fingerprint density at radius 2 is 0.957 bits per heavy atom. The number of aliphatic hydroxyl groups is 2. The summed E-state index contributed by atoms with van der Waals surface area (Å²) in [5.41, 5.74) is 0. The van der Waals surface area contributed by atoms with Gasteiger partial charge >= 0.3 is 13.6 Å². The van der Waals surface area contributed by atoms with Crippen molar-refractivity contribution in [2.45, 2.75) is 205 Å². The molecule has 0 aliphatic carbocycles. The van der Waals surface area contributed by atoms with Crippen LogP contribution in [-0.2, 0) is 18.9 Å². The highest BCUT2D eigenvalue weighted by atomic mass is 31.2. The molecule has 0 bridgehead atoms. The molecule has 0 aliphatic rings. The second-order valence-electron chi connectivity index (χ2n) is 13.2. The molecule has 46 heavy (non-hydrogen) atoms. The number of carbonyl (C=O) groups excluding carboxylic acids is 2. The third-order valence-electron chi connectivity index (χ3n) is 8.89. The standard InChI is InChI=1S/C37H71O8P/c1-3-5-7-9-11-13-15-17-18-20-22-24-26-28-30-32-36(40)45-35(33-38)37(41,46(42,43)44)34(39)31-29-27-25-23-21-19-16-14-12-10-8-6-4-2/h17-18,35,38,41H,3-16,19-33H2,1-2H3,(H2,42,43,44)/b18-17-/t35-,37?/m0/s1. The van der Waals surface area contributed by atoms with Gasteiger partial charge < -0.3 is 24.7 Å². The van der Waals surface area contributed by atoms with Gasteiger partial charge in [-0.2, -0.15) is 0 Å². The van der Waals surface area contributed by atoms with Crippen molar-refractivity contribution < 1.29 is 38.9 Å². The lowest BCUT2D eigenvalue weighted by molar-refractivity contribution is -0.167. The molecule has 9 heteroatoms. The third kappa shape index (κ3) is 22.5. The van der Waals surface area contributed by atoms with Gasteiger partial charge in [-0.1, -0.05) is 154 Å². The topological polar surface area (TPSA) is 141 Å². The number of unbranched alkanes of at least 4 members (excludes halogenated alkanes) is 23. The normalized spacial score (nSPS) is 14.0. The van der Waals surface area contributed by atoms with E-state index in [2.05, 4.69) is 26.0 Å². The van der Waals surface area contributed by atoms with E-state index in [-0.39, 0.29) is 12.8 Å². The Bertz CT molecular complexity index is 811. The maximum Gasteiger partial charge on any atom is 0.368 e. The highest BCUT2D eigenvalue weighted by Crippen LogP contribution is 2.52. The van der Waals surface area contributed by atoms with Crippen LogP contribution in [0.1, 0.15) is 194 Å². The first-order valence-electron chi connectivity index (χ1n) is 18.9. The van der Waals surface area contributed by atoms with E-state index in [1.807, 2.05) is 0 Å². The molecule has 0 rings (SSSR count). The van der Waals surface area contributed by atoms with Crippen molar-refractivity contribution in [3.8, 4) is 0 Å². The maximum atomic E-state index is 12.9. The molecule has 0 radical (unpaired) electrons. The van der Waals surface area contributed by atoms with Crippen LogP contribution in [0.2, 0.25) is 0 Å². The zero-order valence-corrected chi connectivity index (χ0v) is 30.5. The molecule has 1 unspecified atom stereocenters. The molecule has 272 valence electrons. The lowest BCUT2D eigenvalue weighted by atomic mass is 10.0. The molecule has 0 fully saturated rings. The molecule has 0 aromatic rings. The second kappa shape index (κ2) is 30.0. The number of ether oxygens (including phenoxy) is 1.